The number of halogens is 1. The van der Waals surface area contributed by atoms with Crippen LogP contribution in [-0.2, 0) is 6.42 Å². The van der Waals surface area contributed by atoms with Crippen LogP contribution in [0.15, 0.2) is 22.7 Å². The van der Waals surface area contributed by atoms with E-state index in [2.05, 4.69) is 57.8 Å². The summed E-state index contributed by atoms with van der Waals surface area (Å²) in [6.45, 7) is 9.84. The van der Waals surface area contributed by atoms with Crippen LogP contribution in [0.4, 0.5) is 5.69 Å². The Labute approximate surface area is 131 Å². The Kier molecular flexibility index (Phi) is 5.87. The van der Waals surface area contributed by atoms with E-state index in [9.17, 15) is 0 Å². The van der Waals surface area contributed by atoms with E-state index in [1.165, 1.54) is 22.1 Å². The number of hydrogen-bond donors (Lipinski definition) is 1. The Hall–Kier alpha value is -0.580. The maximum atomic E-state index is 5.62. The van der Waals surface area contributed by atoms with Gasteiger partial charge in [-0.1, -0.05) is 13.0 Å². The molecule has 0 aliphatic carbocycles. The minimum Gasteiger partial charge on any atom is -0.368 e. The summed E-state index contributed by atoms with van der Waals surface area (Å²) in [7, 11) is 0. The molecule has 1 heterocycles. The standard InChI is InChI=1S/C16H26BrN3/c1-3-13(2)19-8-10-20(11-9-19)16-5-4-14(6-7-18)12-15(16)17/h4-5,12-13H,3,6-11,18H2,1-2H3. The zero-order valence-electron chi connectivity index (χ0n) is 12.6. The summed E-state index contributed by atoms with van der Waals surface area (Å²) in [5.41, 5.74) is 8.24. The zero-order valence-corrected chi connectivity index (χ0v) is 14.2. The van der Waals surface area contributed by atoms with Crippen LogP contribution in [0.1, 0.15) is 25.8 Å². The van der Waals surface area contributed by atoms with E-state index >= 15 is 0 Å². The summed E-state index contributed by atoms with van der Waals surface area (Å²) in [6.07, 6.45) is 2.18. The number of hydrogen-bond acceptors (Lipinski definition) is 3. The van der Waals surface area contributed by atoms with Crippen LogP contribution >= 0.6 is 15.9 Å². The van der Waals surface area contributed by atoms with Gasteiger partial charge in [-0.05, 0) is 59.9 Å². The minimum absolute atomic E-state index is 0.701. The van der Waals surface area contributed by atoms with Gasteiger partial charge in [-0.15, -0.1) is 0 Å². The topological polar surface area (TPSA) is 32.5 Å². The molecule has 1 aliphatic rings. The Morgan fingerprint density at radius 3 is 2.50 bits per heavy atom. The lowest BCUT2D eigenvalue weighted by atomic mass is 10.1. The number of piperazine rings is 1. The van der Waals surface area contributed by atoms with Gasteiger partial charge in [0, 0.05) is 36.7 Å². The van der Waals surface area contributed by atoms with Crippen molar-refractivity contribution < 1.29 is 0 Å². The van der Waals surface area contributed by atoms with Crippen LogP contribution in [0.3, 0.4) is 0 Å². The average molecular weight is 340 g/mol. The molecular formula is C16H26BrN3. The van der Waals surface area contributed by atoms with Gasteiger partial charge in [0.2, 0.25) is 0 Å². The second-order valence-electron chi connectivity index (χ2n) is 5.60. The molecule has 1 aromatic carbocycles. The quantitative estimate of drug-likeness (QED) is 0.895. The molecule has 1 atom stereocenters. The molecule has 1 unspecified atom stereocenters. The molecule has 0 amide bonds. The second kappa shape index (κ2) is 7.43. The first-order valence-electron chi connectivity index (χ1n) is 7.63. The Morgan fingerprint density at radius 2 is 1.95 bits per heavy atom. The zero-order chi connectivity index (χ0) is 14.5. The SMILES string of the molecule is CCC(C)N1CCN(c2ccc(CCN)cc2Br)CC1. The summed E-state index contributed by atoms with van der Waals surface area (Å²) in [4.78, 5) is 5.07. The predicted octanol–water partition coefficient (Wildman–Crippen LogP) is 2.87. The van der Waals surface area contributed by atoms with Crippen molar-refractivity contribution in [1.29, 1.82) is 0 Å². The first-order chi connectivity index (χ1) is 9.65. The summed E-state index contributed by atoms with van der Waals surface area (Å²) in [6, 6.07) is 7.35. The largest absolute Gasteiger partial charge is 0.368 e. The molecule has 4 heteroatoms. The molecule has 1 saturated heterocycles. The third-order valence-corrected chi connectivity index (χ3v) is 4.95. The van der Waals surface area contributed by atoms with E-state index in [0.717, 1.165) is 32.6 Å². The molecule has 0 bridgehead atoms. The molecule has 1 aliphatic heterocycles. The monoisotopic (exact) mass is 339 g/mol. The molecule has 1 fully saturated rings. The van der Waals surface area contributed by atoms with Crippen LogP contribution in [0, 0.1) is 0 Å². The number of anilines is 1. The molecule has 0 aromatic heterocycles. The smallest absolute Gasteiger partial charge is 0.0511 e. The molecule has 2 rings (SSSR count). The van der Waals surface area contributed by atoms with E-state index in [4.69, 9.17) is 5.73 Å². The van der Waals surface area contributed by atoms with Crippen molar-refractivity contribution in [3.8, 4) is 0 Å². The van der Waals surface area contributed by atoms with Gasteiger partial charge < -0.3 is 10.6 Å². The third kappa shape index (κ3) is 3.74. The van der Waals surface area contributed by atoms with Crippen molar-refractivity contribution in [3.63, 3.8) is 0 Å². The Morgan fingerprint density at radius 1 is 1.25 bits per heavy atom. The molecule has 1 aromatic rings. The molecule has 0 radical (unpaired) electrons. The Bertz CT molecular complexity index is 428. The fourth-order valence-electron chi connectivity index (χ4n) is 2.79. The number of benzene rings is 1. The molecule has 0 saturated carbocycles. The van der Waals surface area contributed by atoms with Crippen molar-refractivity contribution in [2.75, 3.05) is 37.6 Å². The van der Waals surface area contributed by atoms with E-state index in [1.54, 1.807) is 0 Å². The molecule has 3 nitrogen and oxygen atoms in total. The minimum atomic E-state index is 0.701. The predicted molar refractivity (Wildman–Crippen MR) is 90.4 cm³/mol. The fraction of sp³-hybridized carbons (Fsp3) is 0.625. The maximum Gasteiger partial charge on any atom is 0.0511 e. The van der Waals surface area contributed by atoms with Gasteiger partial charge >= 0.3 is 0 Å². The highest BCUT2D eigenvalue weighted by molar-refractivity contribution is 9.10. The lowest BCUT2D eigenvalue weighted by molar-refractivity contribution is 0.193. The van der Waals surface area contributed by atoms with Gasteiger partial charge in [0.25, 0.3) is 0 Å². The van der Waals surface area contributed by atoms with E-state index in [0.29, 0.717) is 12.6 Å². The van der Waals surface area contributed by atoms with Crippen molar-refractivity contribution in [3.05, 3.63) is 28.2 Å². The van der Waals surface area contributed by atoms with Crippen molar-refractivity contribution >= 4 is 21.6 Å². The molecule has 20 heavy (non-hydrogen) atoms. The number of nitrogens with zero attached hydrogens (tertiary/aromatic N) is 2. The van der Waals surface area contributed by atoms with Gasteiger partial charge in [0.15, 0.2) is 0 Å². The van der Waals surface area contributed by atoms with Crippen LogP contribution in [-0.4, -0.2) is 43.7 Å². The van der Waals surface area contributed by atoms with Crippen molar-refractivity contribution in [2.24, 2.45) is 5.73 Å². The normalized spacial score (nSPS) is 18.3. The van der Waals surface area contributed by atoms with E-state index in [1.807, 2.05) is 0 Å². The first kappa shape index (κ1) is 15.8. The lowest BCUT2D eigenvalue weighted by Gasteiger charge is -2.39. The van der Waals surface area contributed by atoms with E-state index in [-0.39, 0.29) is 0 Å². The molecule has 0 spiro atoms. The van der Waals surface area contributed by atoms with Gasteiger partial charge in [0.05, 0.1) is 5.69 Å². The van der Waals surface area contributed by atoms with Crippen molar-refractivity contribution in [1.82, 2.24) is 4.90 Å². The number of rotatable bonds is 5. The molecule has 112 valence electrons. The fourth-order valence-corrected chi connectivity index (χ4v) is 3.47. The van der Waals surface area contributed by atoms with Gasteiger partial charge in [-0.3, -0.25) is 4.90 Å². The third-order valence-electron chi connectivity index (χ3n) is 4.31. The molecule has 2 N–H and O–H groups in total. The summed E-state index contributed by atoms with van der Waals surface area (Å²) in [5.74, 6) is 0. The van der Waals surface area contributed by atoms with Crippen LogP contribution in [0.25, 0.3) is 0 Å². The van der Waals surface area contributed by atoms with Crippen LogP contribution < -0.4 is 10.6 Å². The summed E-state index contributed by atoms with van der Waals surface area (Å²) in [5, 5.41) is 0. The highest BCUT2D eigenvalue weighted by Crippen LogP contribution is 2.28. The molecular weight excluding hydrogens is 314 g/mol. The summed E-state index contributed by atoms with van der Waals surface area (Å²) >= 11 is 3.71. The van der Waals surface area contributed by atoms with Crippen LogP contribution in [0.5, 0.6) is 0 Å². The van der Waals surface area contributed by atoms with Gasteiger partial charge in [0.1, 0.15) is 0 Å². The second-order valence-corrected chi connectivity index (χ2v) is 6.46. The average Bonchev–Trinajstić information content (AvgIpc) is 2.47. The van der Waals surface area contributed by atoms with Crippen molar-refractivity contribution in [2.45, 2.75) is 32.7 Å². The van der Waals surface area contributed by atoms with E-state index < -0.39 is 0 Å². The highest BCUT2D eigenvalue weighted by atomic mass is 79.9. The summed E-state index contributed by atoms with van der Waals surface area (Å²) < 4.78 is 1.19. The first-order valence-corrected chi connectivity index (χ1v) is 8.42. The Balaban J connectivity index is 2.00. The maximum absolute atomic E-state index is 5.62. The highest BCUT2D eigenvalue weighted by Gasteiger charge is 2.21. The van der Waals surface area contributed by atoms with Gasteiger partial charge in [-0.2, -0.15) is 0 Å². The van der Waals surface area contributed by atoms with Crippen LogP contribution in [0.2, 0.25) is 0 Å². The van der Waals surface area contributed by atoms with Gasteiger partial charge in [-0.25, -0.2) is 0 Å². The lowest BCUT2D eigenvalue weighted by Crippen LogP contribution is -2.49. The number of nitrogens with two attached hydrogens (primary N) is 1.